The summed E-state index contributed by atoms with van der Waals surface area (Å²) < 4.78 is 0. The molecule has 13 heavy (non-hydrogen) atoms. The van der Waals surface area contributed by atoms with Crippen LogP contribution in [0.4, 0.5) is 5.69 Å². The molecular weight excluding hydrogens is 174 g/mol. The van der Waals surface area contributed by atoms with Crippen molar-refractivity contribution in [2.75, 3.05) is 0 Å². The van der Waals surface area contributed by atoms with Crippen molar-refractivity contribution in [2.45, 2.75) is 0 Å². The maximum atomic E-state index is 10.4. The average molecular weight is 179 g/mol. The second-order valence-corrected chi connectivity index (χ2v) is 2.17. The normalized spacial score (nSPS) is 8.92. The summed E-state index contributed by atoms with van der Waals surface area (Å²) in [6, 6.07) is 5.37. The van der Waals surface area contributed by atoms with Crippen LogP contribution in [0.15, 0.2) is 18.2 Å². The molecule has 66 valence electrons. The molecule has 2 N–H and O–H groups in total. The van der Waals surface area contributed by atoms with Gasteiger partial charge in [-0.25, -0.2) is 0 Å². The Morgan fingerprint density at radius 2 is 2.31 bits per heavy atom. The van der Waals surface area contributed by atoms with Gasteiger partial charge >= 0.3 is 0 Å². The number of hydrogen-bond donors (Lipinski definition) is 1. The molecule has 0 aliphatic heterocycles. The Bertz CT molecular complexity index is 383. The third-order valence-electron chi connectivity index (χ3n) is 1.42. The molecule has 0 saturated heterocycles. The minimum atomic E-state index is -0.640. The van der Waals surface area contributed by atoms with Gasteiger partial charge in [0, 0.05) is 12.1 Å². The molecule has 0 aliphatic rings. The van der Waals surface area contributed by atoms with Gasteiger partial charge in [-0.05, 0) is 6.07 Å². The number of benzene rings is 1. The lowest BCUT2D eigenvalue weighted by Gasteiger charge is -1.98. The van der Waals surface area contributed by atoms with Crippen LogP contribution in [0.25, 0.3) is 0 Å². The second-order valence-electron chi connectivity index (χ2n) is 2.17. The maximum absolute atomic E-state index is 10.4. The number of nitro groups is 1. The van der Waals surface area contributed by atoms with Gasteiger partial charge in [-0.3, -0.25) is 10.1 Å². The van der Waals surface area contributed by atoms with E-state index >= 15 is 0 Å². The van der Waals surface area contributed by atoms with Crippen LogP contribution < -0.4 is 10.7 Å². The molecule has 1 aromatic rings. The fourth-order valence-electron chi connectivity index (χ4n) is 0.837. The van der Waals surface area contributed by atoms with Crippen LogP contribution in [0.3, 0.4) is 0 Å². The monoisotopic (exact) mass is 179 g/mol. The molecule has 0 radical (unpaired) electrons. The van der Waals surface area contributed by atoms with E-state index in [0.29, 0.717) is 0 Å². The second kappa shape index (κ2) is 3.51. The molecule has 1 rings (SSSR count). The first-order valence-corrected chi connectivity index (χ1v) is 3.24. The van der Waals surface area contributed by atoms with Crippen molar-refractivity contribution in [3.63, 3.8) is 0 Å². The third-order valence-corrected chi connectivity index (χ3v) is 1.42. The molecule has 0 aliphatic carbocycles. The van der Waals surface area contributed by atoms with Crippen LogP contribution in [0.2, 0.25) is 0 Å². The summed E-state index contributed by atoms with van der Waals surface area (Å²) in [5, 5.41) is 18.9. The fraction of sp³-hybridized carbons (Fsp3) is 0. The summed E-state index contributed by atoms with van der Waals surface area (Å²) in [6.07, 6.45) is 0. The highest BCUT2D eigenvalue weighted by Gasteiger charge is 2.13. The van der Waals surface area contributed by atoms with E-state index in [0.717, 1.165) is 0 Å². The molecule has 6 nitrogen and oxygen atoms in total. The van der Waals surface area contributed by atoms with Gasteiger partial charge in [0.05, 0.1) is 4.92 Å². The molecule has 0 aromatic heterocycles. The highest BCUT2D eigenvalue weighted by molar-refractivity contribution is 5.51. The van der Waals surface area contributed by atoms with E-state index in [1.54, 1.807) is 6.07 Å². The van der Waals surface area contributed by atoms with Crippen LogP contribution in [0.1, 0.15) is 5.56 Å². The largest absolute Gasteiger partial charge is 0.411 e. The van der Waals surface area contributed by atoms with Crippen LogP contribution in [-0.2, 0) is 0 Å². The number of nitrogens with two attached hydrogens (primary N) is 1. The standard InChI is InChI=1S/C7H5N3O3/c8-4-5-3-6(13-9)1-2-7(5)10(11)12/h1-3H,9H2. The van der Waals surface area contributed by atoms with Crippen molar-refractivity contribution >= 4 is 5.69 Å². The van der Waals surface area contributed by atoms with E-state index in [1.165, 1.54) is 18.2 Å². The van der Waals surface area contributed by atoms with Gasteiger partial charge in [-0.2, -0.15) is 11.2 Å². The minimum absolute atomic E-state index is 0.0760. The Balaban J connectivity index is 3.26. The summed E-state index contributed by atoms with van der Waals surface area (Å²) in [5.74, 6) is 5.03. The highest BCUT2D eigenvalue weighted by atomic mass is 16.6. The minimum Gasteiger partial charge on any atom is -0.411 e. The summed E-state index contributed by atoms with van der Waals surface area (Å²) in [4.78, 5) is 14.0. The lowest BCUT2D eigenvalue weighted by atomic mass is 10.2. The Morgan fingerprint density at radius 1 is 1.62 bits per heavy atom. The van der Waals surface area contributed by atoms with Crippen LogP contribution in [0.5, 0.6) is 5.75 Å². The molecule has 0 fully saturated rings. The van der Waals surface area contributed by atoms with E-state index in [2.05, 4.69) is 4.84 Å². The predicted molar refractivity (Wildman–Crippen MR) is 42.6 cm³/mol. The third kappa shape index (κ3) is 1.72. The molecule has 0 unspecified atom stereocenters. The number of rotatable bonds is 2. The molecule has 0 saturated carbocycles. The van der Waals surface area contributed by atoms with E-state index in [1.807, 2.05) is 0 Å². The molecule has 0 bridgehead atoms. The SMILES string of the molecule is N#Cc1cc(ON)ccc1[N+](=O)[O-]. The lowest BCUT2D eigenvalue weighted by Crippen LogP contribution is -2.02. The first kappa shape index (κ1) is 8.96. The molecule has 1 aromatic carbocycles. The van der Waals surface area contributed by atoms with E-state index in [9.17, 15) is 10.1 Å². The average Bonchev–Trinajstić information content (AvgIpc) is 2.16. The van der Waals surface area contributed by atoms with E-state index < -0.39 is 4.92 Å². The fourth-order valence-corrected chi connectivity index (χ4v) is 0.837. The molecule has 0 amide bonds. The summed E-state index contributed by atoms with van der Waals surface area (Å²) in [7, 11) is 0. The van der Waals surface area contributed by atoms with Gasteiger partial charge in [0.15, 0.2) is 0 Å². The molecular formula is C7H5N3O3. The number of nitro benzene ring substituents is 1. The summed E-state index contributed by atoms with van der Waals surface area (Å²) in [5.41, 5.74) is -0.337. The number of nitrogens with zero attached hydrogens (tertiary/aromatic N) is 2. The van der Waals surface area contributed by atoms with Gasteiger partial charge in [0.1, 0.15) is 17.4 Å². The van der Waals surface area contributed by atoms with Crippen LogP contribution in [-0.4, -0.2) is 4.92 Å². The Hall–Kier alpha value is -2.13. The van der Waals surface area contributed by atoms with Gasteiger partial charge in [-0.15, -0.1) is 0 Å². The van der Waals surface area contributed by atoms with Crippen LogP contribution in [0, 0.1) is 21.4 Å². The Kier molecular flexibility index (Phi) is 2.42. The first-order chi connectivity index (χ1) is 6.19. The molecule has 6 heteroatoms. The van der Waals surface area contributed by atoms with Crippen molar-refractivity contribution in [1.82, 2.24) is 0 Å². The quantitative estimate of drug-likeness (QED) is 0.532. The van der Waals surface area contributed by atoms with E-state index in [4.69, 9.17) is 11.2 Å². The van der Waals surface area contributed by atoms with Crippen molar-refractivity contribution in [3.05, 3.63) is 33.9 Å². The van der Waals surface area contributed by atoms with Crippen molar-refractivity contribution in [2.24, 2.45) is 5.90 Å². The smallest absolute Gasteiger partial charge is 0.287 e. The van der Waals surface area contributed by atoms with Gasteiger partial charge in [0.2, 0.25) is 0 Å². The van der Waals surface area contributed by atoms with Crippen molar-refractivity contribution < 1.29 is 9.76 Å². The summed E-state index contributed by atoms with van der Waals surface area (Å²) in [6.45, 7) is 0. The predicted octanol–water partition coefficient (Wildman–Crippen LogP) is 0.719. The molecule has 0 heterocycles. The van der Waals surface area contributed by atoms with Gasteiger partial charge < -0.3 is 4.84 Å². The number of hydrogen-bond acceptors (Lipinski definition) is 5. The lowest BCUT2D eigenvalue weighted by molar-refractivity contribution is -0.385. The maximum Gasteiger partial charge on any atom is 0.287 e. The highest BCUT2D eigenvalue weighted by Crippen LogP contribution is 2.22. The van der Waals surface area contributed by atoms with Crippen molar-refractivity contribution in [1.29, 1.82) is 5.26 Å². The van der Waals surface area contributed by atoms with Gasteiger partial charge in [0.25, 0.3) is 5.69 Å². The zero-order valence-electron chi connectivity index (χ0n) is 6.43. The Morgan fingerprint density at radius 3 is 2.77 bits per heavy atom. The van der Waals surface area contributed by atoms with Gasteiger partial charge in [-0.1, -0.05) is 0 Å². The van der Waals surface area contributed by atoms with Crippen LogP contribution >= 0.6 is 0 Å². The zero-order chi connectivity index (χ0) is 9.84. The molecule has 0 spiro atoms. The molecule has 0 atom stereocenters. The van der Waals surface area contributed by atoms with Crippen molar-refractivity contribution in [3.8, 4) is 11.8 Å². The number of nitriles is 1. The van der Waals surface area contributed by atoms with E-state index in [-0.39, 0.29) is 17.0 Å². The Labute approximate surface area is 73.2 Å². The zero-order valence-corrected chi connectivity index (χ0v) is 6.43. The summed E-state index contributed by atoms with van der Waals surface area (Å²) >= 11 is 0. The topological polar surface area (TPSA) is 102 Å². The first-order valence-electron chi connectivity index (χ1n) is 3.24.